The number of nitrogens with zero attached hydrogens (tertiary/aromatic N) is 2. The van der Waals surface area contributed by atoms with Gasteiger partial charge in [-0.25, -0.2) is 0 Å². The van der Waals surface area contributed by atoms with Crippen molar-refractivity contribution in [3.8, 4) is 11.3 Å². The van der Waals surface area contributed by atoms with Gasteiger partial charge in [-0.15, -0.1) is 0 Å². The summed E-state index contributed by atoms with van der Waals surface area (Å²) in [6.07, 6.45) is 1.82. The van der Waals surface area contributed by atoms with Crippen molar-refractivity contribution >= 4 is 0 Å². The zero-order valence-electron chi connectivity index (χ0n) is 9.77. The van der Waals surface area contributed by atoms with Crippen LogP contribution in [0.2, 0.25) is 0 Å². The summed E-state index contributed by atoms with van der Waals surface area (Å²) in [5, 5.41) is 7.48. The van der Waals surface area contributed by atoms with Crippen molar-refractivity contribution in [3.63, 3.8) is 0 Å². The van der Waals surface area contributed by atoms with Gasteiger partial charge < -0.3 is 5.32 Å². The highest BCUT2D eigenvalue weighted by Gasteiger charge is 2.01. The highest BCUT2D eigenvalue weighted by molar-refractivity contribution is 5.59. The molecule has 1 N–H and O–H groups in total. The van der Waals surface area contributed by atoms with Crippen molar-refractivity contribution in [2.24, 2.45) is 7.05 Å². The summed E-state index contributed by atoms with van der Waals surface area (Å²) in [6, 6.07) is 10.6. The smallest absolute Gasteiger partial charge is 0.0678 e. The van der Waals surface area contributed by atoms with Crippen LogP contribution >= 0.6 is 0 Å². The van der Waals surface area contributed by atoms with Gasteiger partial charge in [0.05, 0.1) is 5.69 Å². The fourth-order valence-electron chi connectivity index (χ4n) is 1.72. The highest BCUT2D eigenvalue weighted by atomic mass is 15.2. The van der Waals surface area contributed by atoms with Crippen LogP contribution < -0.4 is 5.32 Å². The molecular formula is C13H17N3. The molecule has 0 aliphatic heterocycles. The second-order valence-electron chi connectivity index (χ2n) is 3.82. The molecule has 0 bridgehead atoms. The molecule has 0 fully saturated rings. The largest absolute Gasteiger partial charge is 0.313 e. The lowest BCUT2D eigenvalue weighted by Crippen LogP contribution is -2.11. The molecule has 0 amide bonds. The van der Waals surface area contributed by atoms with E-state index in [0.717, 1.165) is 18.8 Å². The number of nitrogens with one attached hydrogen (secondary N) is 1. The van der Waals surface area contributed by atoms with E-state index in [4.69, 9.17) is 0 Å². The molecule has 0 aliphatic carbocycles. The van der Waals surface area contributed by atoms with Gasteiger partial charge in [0.15, 0.2) is 0 Å². The lowest BCUT2D eigenvalue weighted by molar-refractivity contribution is 0.727. The Labute approximate surface area is 96.1 Å². The molecule has 3 heteroatoms. The van der Waals surface area contributed by atoms with Gasteiger partial charge in [0.1, 0.15) is 0 Å². The predicted octanol–water partition coefficient (Wildman–Crippen LogP) is 2.20. The molecule has 0 aliphatic rings. The Balaban J connectivity index is 2.16. The van der Waals surface area contributed by atoms with E-state index in [2.05, 4.69) is 41.6 Å². The minimum atomic E-state index is 0.933. The minimum absolute atomic E-state index is 0.933. The number of rotatable bonds is 4. The van der Waals surface area contributed by atoms with E-state index in [9.17, 15) is 0 Å². The zero-order valence-corrected chi connectivity index (χ0v) is 9.77. The fraction of sp³-hybridized carbons (Fsp3) is 0.308. The Morgan fingerprint density at radius 1 is 1.19 bits per heavy atom. The summed E-state index contributed by atoms with van der Waals surface area (Å²) in [4.78, 5) is 0. The molecular weight excluding hydrogens is 198 g/mol. The average Bonchev–Trinajstić information content (AvgIpc) is 2.74. The SMILES string of the molecule is CCNCc1ccc(-c2ccnn2C)cc1. The molecule has 2 rings (SSSR count). The van der Waals surface area contributed by atoms with Crippen LogP contribution in [0.25, 0.3) is 11.3 Å². The molecule has 0 saturated heterocycles. The van der Waals surface area contributed by atoms with Crippen molar-refractivity contribution in [2.45, 2.75) is 13.5 Å². The normalized spacial score (nSPS) is 10.6. The minimum Gasteiger partial charge on any atom is -0.313 e. The average molecular weight is 215 g/mol. The van der Waals surface area contributed by atoms with E-state index in [0.29, 0.717) is 0 Å². The van der Waals surface area contributed by atoms with Gasteiger partial charge in [-0.05, 0) is 23.7 Å². The van der Waals surface area contributed by atoms with E-state index >= 15 is 0 Å². The molecule has 1 heterocycles. The summed E-state index contributed by atoms with van der Waals surface area (Å²) in [7, 11) is 1.96. The zero-order chi connectivity index (χ0) is 11.4. The second-order valence-corrected chi connectivity index (χ2v) is 3.82. The maximum Gasteiger partial charge on any atom is 0.0678 e. The quantitative estimate of drug-likeness (QED) is 0.847. The van der Waals surface area contributed by atoms with Gasteiger partial charge in [0.2, 0.25) is 0 Å². The Hall–Kier alpha value is -1.61. The molecule has 1 aromatic carbocycles. The third kappa shape index (κ3) is 2.31. The molecule has 1 aromatic heterocycles. The van der Waals surface area contributed by atoms with Gasteiger partial charge in [-0.3, -0.25) is 4.68 Å². The third-order valence-corrected chi connectivity index (χ3v) is 2.65. The van der Waals surface area contributed by atoms with Gasteiger partial charge in [-0.2, -0.15) is 5.10 Å². The fourth-order valence-corrected chi connectivity index (χ4v) is 1.72. The van der Waals surface area contributed by atoms with Crippen LogP contribution in [0.5, 0.6) is 0 Å². The molecule has 0 saturated carbocycles. The summed E-state index contributed by atoms with van der Waals surface area (Å²) in [5.41, 5.74) is 3.67. The molecule has 0 radical (unpaired) electrons. The number of aryl methyl sites for hydroxylation is 1. The third-order valence-electron chi connectivity index (χ3n) is 2.65. The van der Waals surface area contributed by atoms with Crippen LogP contribution in [0.3, 0.4) is 0 Å². The van der Waals surface area contributed by atoms with Gasteiger partial charge in [0, 0.05) is 19.8 Å². The van der Waals surface area contributed by atoms with Gasteiger partial charge in [-0.1, -0.05) is 31.2 Å². The van der Waals surface area contributed by atoms with Crippen molar-refractivity contribution in [3.05, 3.63) is 42.1 Å². The van der Waals surface area contributed by atoms with E-state index in [1.807, 2.05) is 24.0 Å². The number of benzene rings is 1. The van der Waals surface area contributed by atoms with Crippen molar-refractivity contribution in [1.82, 2.24) is 15.1 Å². The maximum absolute atomic E-state index is 4.17. The van der Waals surface area contributed by atoms with Crippen LogP contribution in [0.1, 0.15) is 12.5 Å². The number of hydrogen-bond donors (Lipinski definition) is 1. The number of aromatic nitrogens is 2. The standard InChI is InChI=1S/C13H17N3/c1-3-14-10-11-4-6-12(7-5-11)13-8-9-15-16(13)2/h4-9,14H,3,10H2,1-2H3. The van der Waals surface area contributed by atoms with E-state index in [1.54, 1.807) is 0 Å². The molecule has 3 nitrogen and oxygen atoms in total. The monoisotopic (exact) mass is 215 g/mol. The van der Waals surface area contributed by atoms with Crippen LogP contribution in [-0.4, -0.2) is 16.3 Å². The Morgan fingerprint density at radius 2 is 1.94 bits per heavy atom. The maximum atomic E-state index is 4.17. The first-order valence-corrected chi connectivity index (χ1v) is 5.59. The van der Waals surface area contributed by atoms with Crippen molar-refractivity contribution < 1.29 is 0 Å². The summed E-state index contributed by atoms with van der Waals surface area (Å²) < 4.78 is 1.89. The second kappa shape index (κ2) is 4.94. The number of hydrogen-bond acceptors (Lipinski definition) is 2. The molecule has 2 aromatic rings. The summed E-state index contributed by atoms with van der Waals surface area (Å²) >= 11 is 0. The van der Waals surface area contributed by atoms with Gasteiger partial charge >= 0.3 is 0 Å². The van der Waals surface area contributed by atoms with Crippen LogP contribution in [0.15, 0.2) is 36.5 Å². The van der Waals surface area contributed by atoms with E-state index in [-0.39, 0.29) is 0 Å². The van der Waals surface area contributed by atoms with E-state index < -0.39 is 0 Å². The molecule has 0 atom stereocenters. The molecule has 0 spiro atoms. The highest BCUT2D eigenvalue weighted by Crippen LogP contribution is 2.18. The van der Waals surface area contributed by atoms with Crippen LogP contribution in [-0.2, 0) is 13.6 Å². The lowest BCUT2D eigenvalue weighted by atomic mass is 10.1. The Bertz CT molecular complexity index is 442. The molecule has 0 unspecified atom stereocenters. The lowest BCUT2D eigenvalue weighted by Gasteiger charge is -2.05. The first-order chi connectivity index (χ1) is 7.81. The predicted molar refractivity (Wildman–Crippen MR) is 66.0 cm³/mol. The first-order valence-electron chi connectivity index (χ1n) is 5.59. The van der Waals surface area contributed by atoms with Crippen LogP contribution in [0, 0.1) is 0 Å². The Morgan fingerprint density at radius 3 is 2.50 bits per heavy atom. The summed E-state index contributed by atoms with van der Waals surface area (Å²) in [5.74, 6) is 0. The Kier molecular flexibility index (Phi) is 3.37. The molecule has 16 heavy (non-hydrogen) atoms. The van der Waals surface area contributed by atoms with Crippen LogP contribution in [0.4, 0.5) is 0 Å². The first kappa shape index (κ1) is 10.9. The van der Waals surface area contributed by atoms with Gasteiger partial charge in [0.25, 0.3) is 0 Å². The van der Waals surface area contributed by atoms with Crippen molar-refractivity contribution in [2.75, 3.05) is 6.54 Å². The van der Waals surface area contributed by atoms with Crippen molar-refractivity contribution in [1.29, 1.82) is 0 Å². The summed E-state index contributed by atoms with van der Waals surface area (Å²) in [6.45, 7) is 4.05. The molecule has 84 valence electrons. The van der Waals surface area contributed by atoms with E-state index in [1.165, 1.54) is 11.1 Å². The topological polar surface area (TPSA) is 29.9 Å².